The van der Waals surface area contributed by atoms with Crippen molar-refractivity contribution in [3.63, 3.8) is 0 Å². The molecule has 1 atom stereocenters. The van der Waals surface area contributed by atoms with Gasteiger partial charge in [0.1, 0.15) is 9.84 Å². The van der Waals surface area contributed by atoms with E-state index >= 15 is 0 Å². The molecule has 1 aliphatic rings. The van der Waals surface area contributed by atoms with Gasteiger partial charge in [-0.2, -0.15) is 0 Å². The van der Waals surface area contributed by atoms with Gasteiger partial charge in [-0.15, -0.1) is 0 Å². The molecule has 0 spiro atoms. The second kappa shape index (κ2) is 6.90. The van der Waals surface area contributed by atoms with Crippen LogP contribution in [0.25, 0.3) is 0 Å². The van der Waals surface area contributed by atoms with Crippen LogP contribution in [0.5, 0.6) is 0 Å². The number of carboxylic acids is 1. The first kappa shape index (κ1) is 19.0. The van der Waals surface area contributed by atoms with E-state index in [1.54, 1.807) is 0 Å². The maximum absolute atomic E-state index is 12.4. The van der Waals surface area contributed by atoms with Gasteiger partial charge in [-0.25, -0.2) is 13.2 Å². The molecule has 1 aliphatic heterocycles. The zero-order valence-electron chi connectivity index (χ0n) is 12.9. The summed E-state index contributed by atoms with van der Waals surface area (Å²) in [6.07, 6.45) is 0.372. The van der Waals surface area contributed by atoms with E-state index in [0.717, 1.165) is 0 Å². The number of benzene rings is 1. The third kappa shape index (κ3) is 4.02. The molecule has 0 saturated carbocycles. The molecule has 1 saturated heterocycles. The highest BCUT2D eigenvalue weighted by Crippen LogP contribution is 2.30. The number of hydrogen-bond acceptors (Lipinski definition) is 4. The van der Waals surface area contributed by atoms with Crippen LogP contribution in [0.15, 0.2) is 18.2 Å². The SMILES string of the molecule is CC(NC(=O)C1CCS(=O)(=O)CC1)(C(=O)O)c1ccc(Cl)c(Cl)c1. The van der Waals surface area contributed by atoms with E-state index < -0.39 is 33.2 Å². The summed E-state index contributed by atoms with van der Waals surface area (Å²) >= 11 is 11.8. The van der Waals surface area contributed by atoms with E-state index in [2.05, 4.69) is 5.32 Å². The summed E-state index contributed by atoms with van der Waals surface area (Å²) in [5.41, 5.74) is -1.41. The molecule has 0 radical (unpaired) electrons. The standard InChI is InChI=1S/C15H17Cl2NO5S/c1-15(14(20)21,10-2-3-11(16)12(17)8-10)18-13(19)9-4-6-24(22,23)7-5-9/h2-3,8-9H,4-7H2,1H3,(H,18,19)(H,20,21). The van der Waals surface area contributed by atoms with Crippen molar-refractivity contribution in [3.8, 4) is 0 Å². The Kier molecular flexibility index (Phi) is 5.47. The van der Waals surface area contributed by atoms with Crippen LogP contribution in [0.1, 0.15) is 25.3 Å². The summed E-state index contributed by atoms with van der Waals surface area (Å²) in [6.45, 7) is 1.35. The lowest BCUT2D eigenvalue weighted by Gasteiger charge is -2.30. The minimum atomic E-state index is -3.10. The fourth-order valence-electron chi connectivity index (χ4n) is 2.56. The van der Waals surface area contributed by atoms with Gasteiger partial charge in [0, 0.05) is 5.92 Å². The van der Waals surface area contributed by atoms with Crippen LogP contribution in [0.3, 0.4) is 0 Å². The van der Waals surface area contributed by atoms with Crippen molar-refractivity contribution < 1.29 is 23.1 Å². The topological polar surface area (TPSA) is 101 Å². The highest BCUT2D eigenvalue weighted by atomic mass is 35.5. The van der Waals surface area contributed by atoms with E-state index in [1.165, 1.54) is 25.1 Å². The molecule has 1 fully saturated rings. The maximum Gasteiger partial charge on any atom is 0.333 e. The Hall–Kier alpha value is -1.31. The highest BCUT2D eigenvalue weighted by molar-refractivity contribution is 7.91. The van der Waals surface area contributed by atoms with Crippen LogP contribution in [-0.4, -0.2) is 36.9 Å². The van der Waals surface area contributed by atoms with Crippen molar-refractivity contribution in [2.75, 3.05) is 11.5 Å². The molecule has 6 nitrogen and oxygen atoms in total. The van der Waals surface area contributed by atoms with E-state index in [1.807, 2.05) is 0 Å². The molecule has 0 aliphatic carbocycles. The molecule has 2 N–H and O–H groups in total. The molecule has 2 rings (SSSR count). The van der Waals surface area contributed by atoms with Crippen molar-refractivity contribution in [2.45, 2.75) is 25.3 Å². The number of sulfone groups is 1. The average Bonchev–Trinajstić information content (AvgIpc) is 2.49. The Morgan fingerprint density at radius 3 is 2.29 bits per heavy atom. The quantitative estimate of drug-likeness (QED) is 0.816. The molecule has 1 amide bonds. The average molecular weight is 394 g/mol. The van der Waals surface area contributed by atoms with Crippen molar-refractivity contribution >= 4 is 44.9 Å². The van der Waals surface area contributed by atoms with Gasteiger partial charge < -0.3 is 10.4 Å². The first-order chi connectivity index (χ1) is 11.0. The van der Waals surface area contributed by atoms with Crippen LogP contribution >= 0.6 is 23.2 Å². The van der Waals surface area contributed by atoms with Crippen molar-refractivity contribution in [3.05, 3.63) is 33.8 Å². The molecule has 1 heterocycles. The number of halogens is 2. The molecule has 9 heteroatoms. The Bertz CT molecular complexity index is 766. The van der Waals surface area contributed by atoms with Gasteiger partial charge in [-0.3, -0.25) is 4.79 Å². The van der Waals surface area contributed by atoms with E-state index in [9.17, 15) is 23.1 Å². The lowest BCUT2D eigenvalue weighted by molar-refractivity contribution is -0.148. The molecular weight excluding hydrogens is 377 g/mol. The summed E-state index contributed by atoms with van der Waals surface area (Å²) in [6, 6.07) is 4.33. The van der Waals surface area contributed by atoms with E-state index in [0.29, 0.717) is 0 Å². The van der Waals surface area contributed by atoms with Crippen molar-refractivity contribution in [1.82, 2.24) is 5.32 Å². The zero-order valence-corrected chi connectivity index (χ0v) is 15.2. The van der Waals surface area contributed by atoms with Gasteiger partial charge in [0.25, 0.3) is 0 Å². The van der Waals surface area contributed by atoms with Crippen LogP contribution in [0.4, 0.5) is 0 Å². The Labute approximate surface area is 150 Å². The Balaban J connectivity index is 2.23. The monoisotopic (exact) mass is 393 g/mol. The third-order valence-corrected chi connectivity index (χ3v) is 6.68. The molecule has 1 aromatic rings. The summed E-state index contributed by atoms with van der Waals surface area (Å²) < 4.78 is 22.9. The Morgan fingerprint density at radius 1 is 1.21 bits per heavy atom. The minimum Gasteiger partial charge on any atom is -0.479 e. The number of hydrogen-bond donors (Lipinski definition) is 2. The normalized spacial score (nSPS) is 20.1. The van der Waals surface area contributed by atoms with Gasteiger partial charge in [0.05, 0.1) is 21.6 Å². The minimum absolute atomic E-state index is 0.0678. The number of aliphatic carboxylic acids is 1. The highest BCUT2D eigenvalue weighted by Gasteiger charge is 2.40. The fourth-order valence-corrected chi connectivity index (χ4v) is 4.35. The van der Waals surface area contributed by atoms with E-state index in [4.69, 9.17) is 23.2 Å². The molecule has 0 aromatic heterocycles. The lowest BCUT2D eigenvalue weighted by Crippen LogP contribution is -2.52. The molecule has 1 aromatic carbocycles. The number of carboxylic acid groups (broad SMARTS) is 1. The predicted molar refractivity (Wildman–Crippen MR) is 91.0 cm³/mol. The molecular formula is C15H17Cl2NO5S. The Morgan fingerprint density at radius 2 is 1.79 bits per heavy atom. The number of carbonyl (C=O) groups is 2. The first-order valence-corrected chi connectivity index (χ1v) is 9.84. The largest absolute Gasteiger partial charge is 0.479 e. The van der Waals surface area contributed by atoms with Gasteiger partial charge in [0.15, 0.2) is 5.54 Å². The van der Waals surface area contributed by atoms with Crippen LogP contribution < -0.4 is 5.32 Å². The zero-order chi connectivity index (χ0) is 18.1. The van der Waals surface area contributed by atoms with Gasteiger partial charge in [-0.05, 0) is 37.5 Å². The third-order valence-electron chi connectivity index (χ3n) is 4.22. The number of nitrogens with one attached hydrogen (secondary N) is 1. The van der Waals surface area contributed by atoms with Crippen molar-refractivity contribution in [2.24, 2.45) is 5.92 Å². The van der Waals surface area contributed by atoms with Crippen LogP contribution in [-0.2, 0) is 25.0 Å². The number of amides is 1. The number of carbonyl (C=O) groups excluding carboxylic acids is 1. The molecule has 24 heavy (non-hydrogen) atoms. The number of rotatable bonds is 4. The first-order valence-electron chi connectivity index (χ1n) is 7.26. The van der Waals surface area contributed by atoms with Crippen molar-refractivity contribution in [1.29, 1.82) is 0 Å². The summed E-state index contributed by atoms with van der Waals surface area (Å²) in [5, 5.41) is 12.6. The second-order valence-electron chi connectivity index (χ2n) is 5.97. The lowest BCUT2D eigenvalue weighted by atomic mass is 9.90. The fraction of sp³-hybridized carbons (Fsp3) is 0.467. The maximum atomic E-state index is 12.4. The van der Waals surface area contributed by atoms with Crippen LogP contribution in [0.2, 0.25) is 10.0 Å². The summed E-state index contributed by atoms with van der Waals surface area (Å²) in [5.74, 6) is -2.41. The molecule has 1 unspecified atom stereocenters. The smallest absolute Gasteiger partial charge is 0.333 e. The molecule has 132 valence electrons. The second-order valence-corrected chi connectivity index (χ2v) is 9.09. The van der Waals surface area contributed by atoms with Crippen LogP contribution in [0, 0.1) is 5.92 Å². The predicted octanol–water partition coefficient (Wildman–Crippen LogP) is 2.23. The summed E-state index contributed by atoms with van der Waals surface area (Å²) in [4.78, 5) is 24.2. The summed E-state index contributed by atoms with van der Waals surface area (Å²) in [7, 11) is -3.10. The van der Waals surface area contributed by atoms with Gasteiger partial charge in [0.2, 0.25) is 5.91 Å². The van der Waals surface area contributed by atoms with E-state index in [-0.39, 0.29) is 40.0 Å². The molecule has 0 bridgehead atoms. The van der Waals surface area contributed by atoms with Gasteiger partial charge in [-0.1, -0.05) is 29.3 Å². The van der Waals surface area contributed by atoms with Gasteiger partial charge >= 0.3 is 5.97 Å².